The predicted molar refractivity (Wildman–Crippen MR) is 106 cm³/mol. The zero-order chi connectivity index (χ0) is 19.4. The number of rotatable bonds is 3. The molecular weight excluding hydrogens is 336 g/mol. The standard InChI is InChI=1S/C24H36O3/c1-15(14-25)20-7-8-21-19-6-5-17-13-18(27-16(2)26)9-11-23(17,3)22(19)10-12-24(20,21)4/h5,14-15,18-22H,6-13H2,1-4H3. The van der Waals surface area contributed by atoms with E-state index in [-0.39, 0.29) is 23.4 Å². The van der Waals surface area contributed by atoms with Gasteiger partial charge in [0, 0.05) is 19.3 Å². The number of hydrogen-bond donors (Lipinski definition) is 0. The Morgan fingerprint density at radius 3 is 2.67 bits per heavy atom. The van der Waals surface area contributed by atoms with Crippen LogP contribution in [0.2, 0.25) is 0 Å². The lowest BCUT2D eigenvalue weighted by atomic mass is 9.47. The van der Waals surface area contributed by atoms with E-state index in [9.17, 15) is 9.59 Å². The summed E-state index contributed by atoms with van der Waals surface area (Å²) in [5.41, 5.74) is 2.19. The summed E-state index contributed by atoms with van der Waals surface area (Å²) in [6.07, 6.45) is 13.2. The maximum Gasteiger partial charge on any atom is 0.302 e. The molecule has 0 amide bonds. The minimum absolute atomic E-state index is 0.0801. The second-order valence-corrected chi connectivity index (χ2v) is 10.5. The smallest absolute Gasteiger partial charge is 0.302 e. The van der Waals surface area contributed by atoms with E-state index in [1.807, 2.05) is 0 Å². The number of carbonyl (C=O) groups is 2. The number of hydrogen-bond acceptors (Lipinski definition) is 3. The molecule has 0 aromatic heterocycles. The summed E-state index contributed by atoms with van der Waals surface area (Å²) >= 11 is 0. The van der Waals surface area contributed by atoms with E-state index in [1.54, 1.807) is 5.57 Å². The lowest BCUT2D eigenvalue weighted by Gasteiger charge is -2.58. The molecule has 4 aliphatic carbocycles. The molecule has 0 aromatic carbocycles. The van der Waals surface area contributed by atoms with Gasteiger partial charge in [0.05, 0.1) is 0 Å². The van der Waals surface area contributed by atoms with Gasteiger partial charge in [-0.1, -0.05) is 32.4 Å². The van der Waals surface area contributed by atoms with Crippen molar-refractivity contribution in [2.24, 2.45) is 40.4 Å². The van der Waals surface area contributed by atoms with Gasteiger partial charge in [-0.3, -0.25) is 4.79 Å². The van der Waals surface area contributed by atoms with E-state index in [1.165, 1.54) is 45.3 Å². The van der Waals surface area contributed by atoms with Crippen LogP contribution in [-0.4, -0.2) is 18.4 Å². The fourth-order valence-corrected chi connectivity index (χ4v) is 7.96. The molecule has 0 spiro atoms. The summed E-state index contributed by atoms with van der Waals surface area (Å²) < 4.78 is 5.55. The fraction of sp³-hybridized carbons (Fsp3) is 0.833. The first-order valence-electron chi connectivity index (χ1n) is 11.1. The van der Waals surface area contributed by atoms with Crippen molar-refractivity contribution in [3.05, 3.63) is 11.6 Å². The van der Waals surface area contributed by atoms with Crippen molar-refractivity contribution in [1.29, 1.82) is 0 Å². The molecule has 27 heavy (non-hydrogen) atoms. The molecule has 0 aromatic rings. The number of fused-ring (bicyclic) bond motifs is 5. The average molecular weight is 373 g/mol. The molecule has 3 heteroatoms. The first-order valence-corrected chi connectivity index (χ1v) is 11.1. The van der Waals surface area contributed by atoms with Crippen LogP contribution in [0, 0.1) is 40.4 Å². The van der Waals surface area contributed by atoms with Crippen molar-refractivity contribution in [2.75, 3.05) is 0 Å². The predicted octanol–water partition coefficient (Wildman–Crippen LogP) is 5.33. The van der Waals surface area contributed by atoms with Crippen molar-refractivity contribution in [3.8, 4) is 0 Å². The highest BCUT2D eigenvalue weighted by atomic mass is 16.5. The molecule has 4 rings (SSSR count). The number of ether oxygens (including phenoxy) is 1. The van der Waals surface area contributed by atoms with E-state index in [0.717, 1.165) is 37.0 Å². The Morgan fingerprint density at radius 1 is 1.19 bits per heavy atom. The second-order valence-electron chi connectivity index (χ2n) is 10.5. The third kappa shape index (κ3) is 2.91. The molecule has 3 fully saturated rings. The monoisotopic (exact) mass is 372 g/mol. The molecule has 3 nitrogen and oxygen atoms in total. The Kier molecular flexibility index (Phi) is 4.79. The van der Waals surface area contributed by atoms with Crippen molar-refractivity contribution < 1.29 is 14.3 Å². The summed E-state index contributed by atoms with van der Waals surface area (Å²) in [6, 6.07) is 0. The van der Waals surface area contributed by atoms with Gasteiger partial charge in [-0.25, -0.2) is 0 Å². The van der Waals surface area contributed by atoms with Crippen LogP contribution in [0.5, 0.6) is 0 Å². The van der Waals surface area contributed by atoms with Gasteiger partial charge in [-0.2, -0.15) is 0 Å². The zero-order valence-electron chi connectivity index (χ0n) is 17.5. The van der Waals surface area contributed by atoms with Crippen molar-refractivity contribution in [1.82, 2.24) is 0 Å². The van der Waals surface area contributed by atoms with E-state index in [4.69, 9.17) is 4.74 Å². The molecule has 0 saturated heterocycles. The largest absolute Gasteiger partial charge is 0.462 e. The topological polar surface area (TPSA) is 43.4 Å². The number of allylic oxidation sites excluding steroid dienone is 1. The molecule has 0 heterocycles. The summed E-state index contributed by atoms with van der Waals surface area (Å²) in [6.45, 7) is 8.64. The van der Waals surface area contributed by atoms with Crippen LogP contribution in [0.3, 0.4) is 0 Å². The summed E-state index contributed by atoms with van der Waals surface area (Å²) in [4.78, 5) is 22.9. The molecular formula is C24H36O3. The Hall–Kier alpha value is -1.12. The van der Waals surface area contributed by atoms with E-state index in [0.29, 0.717) is 11.3 Å². The van der Waals surface area contributed by atoms with Crippen molar-refractivity contribution in [2.45, 2.75) is 85.2 Å². The van der Waals surface area contributed by atoms with Crippen LogP contribution in [0.15, 0.2) is 11.6 Å². The maximum absolute atomic E-state index is 11.5. The molecule has 0 bridgehead atoms. The van der Waals surface area contributed by atoms with Gasteiger partial charge in [0.2, 0.25) is 0 Å². The highest BCUT2D eigenvalue weighted by Gasteiger charge is 2.59. The van der Waals surface area contributed by atoms with Crippen LogP contribution < -0.4 is 0 Å². The lowest BCUT2D eigenvalue weighted by Crippen LogP contribution is -2.51. The fourth-order valence-electron chi connectivity index (χ4n) is 7.96. The number of carbonyl (C=O) groups excluding carboxylic acids is 2. The van der Waals surface area contributed by atoms with Gasteiger partial charge in [-0.05, 0) is 79.4 Å². The first-order chi connectivity index (χ1) is 12.8. The second kappa shape index (κ2) is 6.74. The highest BCUT2D eigenvalue weighted by molar-refractivity contribution is 5.66. The molecule has 0 radical (unpaired) electrons. The summed E-state index contributed by atoms with van der Waals surface area (Å²) in [5.74, 6) is 2.92. The molecule has 0 N–H and O–H groups in total. The third-order valence-electron chi connectivity index (χ3n) is 9.31. The van der Waals surface area contributed by atoms with Crippen LogP contribution >= 0.6 is 0 Å². The van der Waals surface area contributed by atoms with Gasteiger partial charge >= 0.3 is 5.97 Å². The number of esters is 1. The number of aldehydes is 1. The Labute approximate surface area is 164 Å². The molecule has 8 atom stereocenters. The highest BCUT2D eigenvalue weighted by Crippen LogP contribution is 2.67. The van der Waals surface area contributed by atoms with E-state index >= 15 is 0 Å². The molecule has 0 aliphatic heterocycles. The zero-order valence-corrected chi connectivity index (χ0v) is 17.5. The SMILES string of the molecule is CC(=O)OC1CCC2(C)C(=CCC3C2CCC2(C)C(C(C)C=O)CCC32)C1. The average Bonchev–Trinajstić information content (AvgIpc) is 2.98. The minimum Gasteiger partial charge on any atom is -0.462 e. The van der Waals surface area contributed by atoms with Gasteiger partial charge in [0.25, 0.3) is 0 Å². The van der Waals surface area contributed by atoms with E-state index in [2.05, 4.69) is 26.8 Å². The van der Waals surface area contributed by atoms with Gasteiger partial charge in [0.15, 0.2) is 0 Å². The lowest BCUT2D eigenvalue weighted by molar-refractivity contribution is -0.148. The molecule has 3 saturated carbocycles. The normalized spacial score (nSPS) is 47.1. The first kappa shape index (κ1) is 19.2. The van der Waals surface area contributed by atoms with Crippen LogP contribution in [0.25, 0.3) is 0 Å². The van der Waals surface area contributed by atoms with E-state index < -0.39 is 0 Å². The molecule has 150 valence electrons. The van der Waals surface area contributed by atoms with Crippen molar-refractivity contribution in [3.63, 3.8) is 0 Å². The molecule has 4 aliphatic rings. The van der Waals surface area contributed by atoms with Gasteiger partial charge in [-0.15, -0.1) is 0 Å². The Morgan fingerprint density at radius 2 is 1.96 bits per heavy atom. The summed E-state index contributed by atoms with van der Waals surface area (Å²) in [7, 11) is 0. The Balaban J connectivity index is 1.57. The van der Waals surface area contributed by atoms with Crippen molar-refractivity contribution >= 4 is 12.3 Å². The van der Waals surface area contributed by atoms with Gasteiger partial charge in [0.1, 0.15) is 12.4 Å². The van der Waals surface area contributed by atoms with Crippen LogP contribution in [0.4, 0.5) is 0 Å². The minimum atomic E-state index is -0.146. The third-order valence-corrected chi connectivity index (χ3v) is 9.31. The van der Waals surface area contributed by atoms with Crippen LogP contribution in [0.1, 0.15) is 79.1 Å². The quantitative estimate of drug-likeness (QED) is 0.382. The maximum atomic E-state index is 11.5. The summed E-state index contributed by atoms with van der Waals surface area (Å²) in [5, 5.41) is 0. The Bertz CT molecular complexity index is 652. The van der Waals surface area contributed by atoms with Gasteiger partial charge < -0.3 is 9.53 Å². The van der Waals surface area contributed by atoms with Crippen LogP contribution in [-0.2, 0) is 14.3 Å². The molecule has 8 unspecified atom stereocenters.